The average Bonchev–Trinajstić information content (AvgIpc) is 2.41. The van der Waals surface area contributed by atoms with Gasteiger partial charge in [0.15, 0.2) is 0 Å². The van der Waals surface area contributed by atoms with Crippen molar-refractivity contribution in [3.8, 4) is 0 Å². The van der Waals surface area contributed by atoms with Gasteiger partial charge in [-0.3, -0.25) is 0 Å². The molecule has 0 aliphatic carbocycles. The van der Waals surface area contributed by atoms with Gasteiger partial charge in [0, 0.05) is 0 Å². The molecule has 1 aromatic carbocycles. The molecule has 0 saturated carbocycles. The van der Waals surface area contributed by atoms with E-state index in [1.54, 1.807) is 0 Å². The first kappa shape index (κ1) is 16.8. The van der Waals surface area contributed by atoms with Crippen LogP contribution in [-0.2, 0) is 36.3 Å². The molecule has 106 valence electrons. The fraction of sp³-hybridized carbons (Fsp3) is 0.500. The Morgan fingerprint density at radius 2 is 1.53 bits per heavy atom. The summed E-state index contributed by atoms with van der Waals surface area (Å²) in [5.41, 5.74) is -1.39. The number of hydrogen-bond acceptors (Lipinski definition) is 2. The summed E-state index contributed by atoms with van der Waals surface area (Å²) in [6, 6.07) is 0. The fourth-order valence-electron chi connectivity index (χ4n) is 1.32. The minimum absolute atomic E-state index is 0.510. The number of unbranched alkanes of at least 4 members (excludes halogenated alkanes) is 1. The molecule has 0 aliphatic heterocycles. The standard InChI is InChI=1S/C8H5F4O.C4H9O.Zr/c1-3-5(9)7(11)4(2-13)8(12)6(3)10;1-2-3-4-5;/h2H2,1H3;2-4H2,1H3;/q2*-1;+2. The van der Waals surface area contributed by atoms with Gasteiger partial charge in [-0.25, -0.2) is 0 Å². The Kier molecular flexibility index (Phi) is 7.18. The summed E-state index contributed by atoms with van der Waals surface area (Å²) >= 11 is -1.67. The van der Waals surface area contributed by atoms with Crippen molar-refractivity contribution in [1.82, 2.24) is 0 Å². The van der Waals surface area contributed by atoms with Gasteiger partial charge >= 0.3 is 122 Å². The summed E-state index contributed by atoms with van der Waals surface area (Å²) in [6.07, 6.45) is 1.85. The van der Waals surface area contributed by atoms with Crippen LogP contribution in [-0.4, -0.2) is 6.61 Å². The van der Waals surface area contributed by atoms with E-state index in [1.165, 1.54) is 0 Å². The van der Waals surface area contributed by atoms with Gasteiger partial charge in [-0.05, 0) is 0 Å². The molecule has 0 bridgehead atoms. The van der Waals surface area contributed by atoms with Crippen molar-refractivity contribution in [3.63, 3.8) is 0 Å². The van der Waals surface area contributed by atoms with E-state index in [0.717, 1.165) is 19.8 Å². The quantitative estimate of drug-likeness (QED) is 0.420. The van der Waals surface area contributed by atoms with Crippen molar-refractivity contribution in [3.05, 3.63) is 34.4 Å². The predicted molar refractivity (Wildman–Crippen MR) is 56.7 cm³/mol. The normalized spacial score (nSPS) is 10.8. The second-order valence-electron chi connectivity index (χ2n) is 3.93. The number of halogens is 4. The summed E-state index contributed by atoms with van der Waals surface area (Å²) in [5.74, 6) is -5.56. The number of benzene rings is 1. The molecule has 0 spiro atoms. The molecule has 0 unspecified atom stereocenters. The van der Waals surface area contributed by atoms with Gasteiger partial charge in [0.25, 0.3) is 0 Å². The molecule has 0 aliphatic rings. The Balaban J connectivity index is 2.64. The van der Waals surface area contributed by atoms with Gasteiger partial charge in [0.2, 0.25) is 0 Å². The van der Waals surface area contributed by atoms with Crippen molar-refractivity contribution in [2.45, 2.75) is 33.3 Å². The van der Waals surface area contributed by atoms with Crippen LogP contribution < -0.4 is 0 Å². The molecular weight excluding hydrogens is 343 g/mol. The average molecular weight is 357 g/mol. The molecule has 0 heterocycles. The second-order valence-corrected chi connectivity index (χ2v) is 5.76. The van der Waals surface area contributed by atoms with Gasteiger partial charge in [-0.2, -0.15) is 0 Å². The van der Waals surface area contributed by atoms with E-state index < -0.39 is 65.1 Å². The minimum atomic E-state index is -1.67. The van der Waals surface area contributed by atoms with Crippen molar-refractivity contribution in [1.29, 1.82) is 0 Å². The van der Waals surface area contributed by atoms with Crippen LogP contribution in [0.3, 0.4) is 0 Å². The monoisotopic (exact) mass is 356 g/mol. The Hall–Kier alpha value is -0.257. The van der Waals surface area contributed by atoms with Crippen LogP contribution in [0.2, 0.25) is 0 Å². The Bertz CT molecular complexity index is 411. The summed E-state index contributed by atoms with van der Waals surface area (Å²) < 4.78 is 63.6. The first-order chi connectivity index (χ1) is 9.00. The molecule has 0 aromatic heterocycles. The summed E-state index contributed by atoms with van der Waals surface area (Å²) in [4.78, 5) is 0. The van der Waals surface area contributed by atoms with Crippen LogP contribution in [0.25, 0.3) is 0 Å². The van der Waals surface area contributed by atoms with Crippen molar-refractivity contribution in [2.24, 2.45) is 0 Å². The van der Waals surface area contributed by atoms with Gasteiger partial charge in [-0.15, -0.1) is 0 Å². The second kappa shape index (κ2) is 8.12. The third kappa shape index (κ3) is 4.36. The van der Waals surface area contributed by atoms with Crippen LogP contribution in [0.1, 0.15) is 30.9 Å². The maximum atomic E-state index is 13.4. The van der Waals surface area contributed by atoms with E-state index in [0.29, 0.717) is 6.61 Å². The van der Waals surface area contributed by atoms with Crippen molar-refractivity contribution < 1.29 is 47.3 Å². The zero-order valence-corrected chi connectivity index (χ0v) is 13.1. The van der Waals surface area contributed by atoms with Gasteiger partial charge in [-0.1, -0.05) is 0 Å². The Morgan fingerprint density at radius 1 is 0.947 bits per heavy atom. The van der Waals surface area contributed by atoms with E-state index in [4.69, 9.17) is 5.63 Å². The van der Waals surface area contributed by atoms with E-state index in [-0.39, 0.29) is 0 Å². The van der Waals surface area contributed by atoms with Crippen molar-refractivity contribution >= 4 is 0 Å². The van der Waals surface area contributed by atoms with Crippen LogP contribution >= 0.6 is 0 Å². The van der Waals surface area contributed by atoms with E-state index in [1.807, 2.05) is 6.92 Å². The SMILES string of the molecule is CCCC[O][Zr][O]Cc1c(F)c(F)c(C)c(F)c1F. The zero-order valence-electron chi connectivity index (χ0n) is 10.7. The number of hydrogen-bond donors (Lipinski definition) is 0. The summed E-state index contributed by atoms with van der Waals surface area (Å²) in [6.45, 7) is 3.00. The third-order valence-corrected chi connectivity index (χ3v) is 3.94. The summed E-state index contributed by atoms with van der Waals surface area (Å²) in [7, 11) is 0. The molecule has 7 heteroatoms. The molecule has 1 rings (SSSR count). The van der Waals surface area contributed by atoms with Crippen LogP contribution in [0, 0.1) is 30.2 Å². The molecule has 0 N–H and O–H groups in total. The molecule has 0 amide bonds. The van der Waals surface area contributed by atoms with E-state index in [2.05, 4.69) is 0 Å². The van der Waals surface area contributed by atoms with E-state index >= 15 is 0 Å². The first-order valence-electron chi connectivity index (χ1n) is 5.80. The van der Waals surface area contributed by atoms with Crippen LogP contribution in [0.15, 0.2) is 0 Å². The fourth-order valence-corrected chi connectivity index (χ4v) is 2.58. The molecule has 2 nitrogen and oxygen atoms in total. The summed E-state index contributed by atoms with van der Waals surface area (Å²) in [5, 5.41) is 0. The predicted octanol–water partition coefficient (Wildman–Crippen LogP) is 3.80. The van der Waals surface area contributed by atoms with Crippen LogP contribution in [0.4, 0.5) is 17.6 Å². The molecule has 0 radical (unpaired) electrons. The van der Waals surface area contributed by atoms with E-state index in [9.17, 15) is 17.6 Å². The first-order valence-corrected chi connectivity index (χ1v) is 7.81. The Morgan fingerprint density at radius 3 is 2.05 bits per heavy atom. The zero-order chi connectivity index (χ0) is 14.4. The molecule has 0 fully saturated rings. The van der Waals surface area contributed by atoms with Gasteiger partial charge in [0.1, 0.15) is 0 Å². The van der Waals surface area contributed by atoms with Gasteiger partial charge < -0.3 is 0 Å². The molecule has 19 heavy (non-hydrogen) atoms. The Labute approximate surface area is 121 Å². The van der Waals surface area contributed by atoms with Gasteiger partial charge in [0.05, 0.1) is 0 Å². The van der Waals surface area contributed by atoms with Crippen LogP contribution in [0.5, 0.6) is 0 Å². The number of rotatable bonds is 7. The molecule has 0 atom stereocenters. The topological polar surface area (TPSA) is 18.5 Å². The maximum absolute atomic E-state index is 13.4. The molecule has 1 aromatic rings. The molecule has 0 saturated heterocycles. The van der Waals surface area contributed by atoms with Crippen molar-refractivity contribution in [2.75, 3.05) is 6.61 Å². The molecular formula is C12H14F4O2Zr. The third-order valence-electron chi connectivity index (χ3n) is 2.51.